The molecule has 2 aromatic carbocycles. The zero-order valence-corrected chi connectivity index (χ0v) is 23.8. The maximum Gasteiger partial charge on any atom is 0.356 e. The number of aliphatic hydroxyl groups is 1. The molecule has 1 fully saturated rings. The topological polar surface area (TPSA) is 122 Å². The lowest BCUT2D eigenvalue weighted by Gasteiger charge is -2.56. The molecule has 1 aromatic heterocycles. The molecule has 2 amide bonds. The molecule has 2 atom stereocenters. The number of β-lactam (4-membered cyclic amide) rings is 1. The van der Waals surface area contributed by atoms with E-state index < -0.39 is 47.4 Å². The Kier molecular flexibility index (Phi) is 8.57. The van der Waals surface area contributed by atoms with Crippen molar-refractivity contribution in [2.75, 3.05) is 19.0 Å². The minimum atomic E-state index is -1.60. The maximum atomic E-state index is 13.9. The number of thiophene rings is 1. The SMILES string of the molecule is CC(=O)OCC1=C(C(=O)OC(c2ccccc2)c2ccccc2)N2C(=O)[C@@](CO)(NC(=O)Cc3cccs3)[C@H]2SC1. The highest BCUT2D eigenvalue weighted by Crippen LogP contribution is 2.47. The highest BCUT2D eigenvalue weighted by atomic mass is 32.2. The molecule has 1 saturated heterocycles. The summed E-state index contributed by atoms with van der Waals surface area (Å²) in [6.07, 6.45) is -0.715. The number of thioether (sulfide) groups is 1. The second-order valence-electron chi connectivity index (χ2n) is 9.61. The highest BCUT2D eigenvalue weighted by molar-refractivity contribution is 8.00. The lowest BCUT2D eigenvalue weighted by atomic mass is 9.86. The van der Waals surface area contributed by atoms with Crippen molar-refractivity contribution in [1.82, 2.24) is 10.2 Å². The predicted molar refractivity (Wildman–Crippen MR) is 154 cm³/mol. The Morgan fingerprint density at radius 2 is 1.71 bits per heavy atom. The molecule has 0 unspecified atom stereocenters. The third kappa shape index (κ3) is 5.79. The Morgan fingerprint density at radius 1 is 1.05 bits per heavy atom. The number of rotatable bonds is 10. The summed E-state index contributed by atoms with van der Waals surface area (Å²) in [5.41, 5.74) is 0.216. The van der Waals surface area contributed by atoms with Gasteiger partial charge in [-0.25, -0.2) is 4.79 Å². The predicted octanol–water partition coefficient (Wildman–Crippen LogP) is 3.20. The number of carbonyl (C=O) groups is 4. The van der Waals surface area contributed by atoms with Gasteiger partial charge in [0.2, 0.25) is 5.91 Å². The van der Waals surface area contributed by atoms with E-state index in [4.69, 9.17) is 9.47 Å². The van der Waals surface area contributed by atoms with Crippen LogP contribution in [0.25, 0.3) is 0 Å². The van der Waals surface area contributed by atoms with Crippen molar-refractivity contribution < 1.29 is 33.8 Å². The number of esters is 2. The fourth-order valence-electron chi connectivity index (χ4n) is 4.89. The first-order valence-electron chi connectivity index (χ1n) is 12.9. The zero-order chi connectivity index (χ0) is 29.0. The van der Waals surface area contributed by atoms with Gasteiger partial charge in [0.15, 0.2) is 11.6 Å². The van der Waals surface area contributed by atoms with Gasteiger partial charge in [-0.3, -0.25) is 19.3 Å². The lowest BCUT2D eigenvalue weighted by molar-refractivity contribution is -0.164. The average Bonchev–Trinajstić information content (AvgIpc) is 3.50. The summed E-state index contributed by atoms with van der Waals surface area (Å²) >= 11 is 2.68. The quantitative estimate of drug-likeness (QED) is 0.272. The largest absolute Gasteiger partial charge is 0.461 e. The van der Waals surface area contributed by atoms with Gasteiger partial charge in [-0.1, -0.05) is 66.7 Å². The second kappa shape index (κ2) is 12.3. The van der Waals surface area contributed by atoms with Crippen LogP contribution < -0.4 is 5.32 Å². The van der Waals surface area contributed by atoms with E-state index in [0.717, 1.165) is 16.0 Å². The number of nitrogens with zero attached hydrogens (tertiary/aromatic N) is 1. The number of carbonyl (C=O) groups excluding carboxylic acids is 4. The standard InChI is InChI=1S/C30H28N2O7S2/c1-19(34)38-16-22-17-41-29-30(18-33,31-24(35)15-23-13-8-14-40-23)28(37)32(29)25(22)27(36)39-26(20-9-4-2-5-10-20)21-11-6-3-7-12-21/h2-14,26,29,33H,15-18H2,1H3,(H,31,35)/t29-,30-/m1/s1. The summed E-state index contributed by atoms with van der Waals surface area (Å²) in [6, 6.07) is 22.1. The van der Waals surface area contributed by atoms with Gasteiger partial charge in [0.1, 0.15) is 17.7 Å². The number of ether oxygens (including phenoxy) is 2. The summed E-state index contributed by atoms with van der Waals surface area (Å²) in [4.78, 5) is 54.1. The van der Waals surface area contributed by atoms with Crippen molar-refractivity contribution in [2.24, 2.45) is 0 Å². The summed E-state index contributed by atoms with van der Waals surface area (Å²) < 4.78 is 11.3. The molecule has 11 heteroatoms. The highest BCUT2D eigenvalue weighted by Gasteiger charge is 2.65. The molecule has 3 heterocycles. The molecule has 212 valence electrons. The van der Waals surface area contributed by atoms with Crippen molar-refractivity contribution in [3.63, 3.8) is 0 Å². The third-order valence-corrected chi connectivity index (χ3v) is 9.17. The van der Waals surface area contributed by atoms with E-state index in [2.05, 4.69) is 5.32 Å². The number of amides is 2. The molecule has 2 aliphatic rings. The van der Waals surface area contributed by atoms with Crippen LogP contribution in [-0.2, 0) is 35.1 Å². The van der Waals surface area contributed by atoms with Crippen molar-refractivity contribution in [1.29, 1.82) is 0 Å². The van der Waals surface area contributed by atoms with Gasteiger partial charge in [-0.15, -0.1) is 23.1 Å². The maximum absolute atomic E-state index is 13.9. The Balaban J connectivity index is 1.45. The van der Waals surface area contributed by atoms with E-state index in [-0.39, 0.29) is 24.5 Å². The van der Waals surface area contributed by atoms with Gasteiger partial charge in [0.25, 0.3) is 5.91 Å². The Hall–Kier alpha value is -3.93. The molecule has 0 radical (unpaired) electrons. The fraction of sp³-hybridized carbons (Fsp3) is 0.267. The Bertz CT molecular complexity index is 1420. The summed E-state index contributed by atoms with van der Waals surface area (Å²) in [5, 5.41) is 14.2. The average molecular weight is 593 g/mol. The van der Waals surface area contributed by atoms with E-state index in [1.165, 1.54) is 34.9 Å². The van der Waals surface area contributed by atoms with Crippen molar-refractivity contribution in [2.45, 2.75) is 30.4 Å². The molecule has 2 N–H and O–H groups in total. The number of aliphatic hydroxyl groups excluding tert-OH is 1. The number of fused-ring (bicyclic) bond motifs is 1. The zero-order valence-electron chi connectivity index (χ0n) is 22.1. The number of hydrogen-bond acceptors (Lipinski definition) is 9. The second-order valence-corrected chi connectivity index (χ2v) is 11.7. The molecule has 2 aliphatic heterocycles. The summed E-state index contributed by atoms with van der Waals surface area (Å²) in [7, 11) is 0. The number of benzene rings is 2. The molecule has 41 heavy (non-hydrogen) atoms. The van der Waals surface area contributed by atoms with Crippen molar-refractivity contribution >= 4 is 46.9 Å². The minimum absolute atomic E-state index is 0.0477. The first kappa shape index (κ1) is 28.6. The van der Waals surface area contributed by atoms with Gasteiger partial charge in [0, 0.05) is 23.1 Å². The molecule has 0 spiro atoms. The van der Waals surface area contributed by atoms with Crippen LogP contribution in [0.1, 0.15) is 29.0 Å². The fourth-order valence-corrected chi connectivity index (χ4v) is 7.04. The number of nitrogens with one attached hydrogen (secondary N) is 1. The molecule has 0 bridgehead atoms. The van der Waals surface area contributed by atoms with Crippen LogP contribution in [0, 0.1) is 0 Å². The molecular formula is C30H28N2O7S2. The number of hydrogen-bond donors (Lipinski definition) is 2. The Labute approximate surface area is 245 Å². The van der Waals surface area contributed by atoms with Gasteiger partial charge < -0.3 is 19.9 Å². The van der Waals surface area contributed by atoms with Crippen LogP contribution in [0.4, 0.5) is 0 Å². The van der Waals surface area contributed by atoms with E-state index in [1.807, 2.05) is 78.2 Å². The minimum Gasteiger partial charge on any atom is -0.461 e. The van der Waals surface area contributed by atoms with Crippen LogP contribution in [0.5, 0.6) is 0 Å². The summed E-state index contributed by atoms with van der Waals surface area (Å²) in [5.74, 6) is -2.15. The monoisotopic (exact) mass is 592 g/mol. The first-order valence-corrected chi connectivity index (χ1v) is 14.8. The van der Waals surface area contributed by atoms with Crippen molar-refractivity contribution in [3.05, 3.63) is 105 Å². The normalized spacial score (nSPS) is 19.8. The van der Waals surface area contributed by atoms with E-state index in [1.54, 1.807) is 0 Å². The third-order valence-electron chi connectivity index (χ3n) is 6.85. The molecule has 0 saturated carbocycles. The molecule has 9 nitrogen and oxygen atoms in total. The molecule has 5 rings (SSSR count). The van der Waals surface area contributed by atoms with Crippen LogP contribution in [0.3, 0.4) is 0 Å². The van der Waals surface area contributed by atoms with Crippen LogP contribution in [0.15, 0.2) is 89.4 Å². The van der Waals surface area contributed by atoms with Gasteiger partial charge in [-0.2, -0.15) is 0 Å². The van der Waals surface area contributed by atoms with Crippen LogP contribution >= 0.6 is 23.1 Å². The molecule has 3 aromatic rings. The van der Waals surface area contributed by atoms with Gasteiger partial charge in [0.05, 0.1) is 13.0 Å². The molecule has 0 aliphatic carbocycles. The van der Waals surface area contributed by atoms with Gasteiger partial charge in [-0.05, 0) is 22.6 Å². The molecular weight excluding hydrogens is 564 g/mol. The summed E-state index contributed by atoms with van der Waals surface area (Å²) in [6.45, 7) is 0.406. The van der Waals surface area contributed by atoms with E-state index >= 15 is 0 Å². The van der Waals surface area contributed by atoms with Crippen LogP contribution in [-0.4, -0.2) is 63.6 Å². The Morgan fingerprint density at radius 3 is 2.27 bits per heavy atom. The smallest absolute Gasteiger partial charge is 0.356 e. The lowest BCUT2D eigenvalue weighted by Crippen LogP contribution is -2.81. The van der Waals surface area contributed by atoms with Crippen molar-refractivity contribution in [3.8, 4) is 0 Å². The van der Waals surface area contributed by atoms with E-state index in [0.29, 0.717) is 5.57 Å². The first-order chi connectivity index (χ1) is 19.8. The van der Waals surface area contributed by atoms with Crippen LogP contribution in [0.2, 0.25) is 0 Å². The van der Waals surface area contributed by atoms with E-state index in [9.17, 15) is 24.3 Å². The van der Waals surface area contributed by atoms with Gasteiger partial charge >= 0.3 is 11.9 Å².